The SMILES string of the molecule is CCC(C)(C)NC(=O)c1cc(Br)cnc1N. The Kier molecular flexibility index (Phi) is 3.91. The Labute approximate surface area is 104 Å². The van der Waals surface area contributed by atoms with E-state index >= 15 is 0 Å². The van der Waals surface area contributed by atoms with Gasteiger partial charge in [0.15, 0.2) is 0 Å². The zero-order valence-corrected chi connectivity index (χ0v) is 11.3. The van der Waals surface area contributed by atoms with Crippen molar-refractivity contribution in [2.24, 2.45) is 0 Å². The second-order valence-corrected chi connectivity index (χ2v) is 5.19. The van der Waals surface area contributed by atoms with Crippen molar-refractivity contribution in [3.63, 3.8) is 0 Å². The molecule has 3 N–H and O–H groups in total. The van der Waals surface area contributed by atoms with Gasteiger partial charge in [0, 0.05) is 16.2 Å². The highest BCUT2D eigenvalue weighted by Gasteiger charge is 2.20. The lowest BCUT2D eigenvalue weighted by Gasteiger charge is -2.24. The highest BCUT2D eigenvalue weighted by atomic mass is 79.9. The van der Waals surface area contributed by atoms with Gasteiger partial charge in [-0.3, -0.25) is 4.79 Å². The molecule has 0 fully saturated rings. The molecule has 1 heterocycles. The number of halogens is 1. The first kappa shape index (κ1) is 13.0. The van der Waals surface area contributed by atoms with Crippen LogP contribution < -0.4 is 11.1 Å². The number of rotatable bonds is 3. The van der Waals surface area contributed by atoms with Crippen LogP contribution in [0.1, 0.15) is 37.6 Å². The minimum Gasteiger partial charge on any atom is -0.383 e. The van der Waals surface area contributed by atoms with Crippen molar-refractivity contribution in [3.05, 3.63) is 22.3 Å². The summed E-state index contributed by atoms with van der Waals surface area (Å²) >= 11 is 3.26. The van der Waals surface area contributed by atoms with E-state index in [2.05, 4.69) is 26.2 Å². The van der Waals surface area contributed by atoms with Crippen LogP contribution in [0.4, 0.5) is 5.82 Å². The first-order valence-corrected chi connectivity index (χ1v) is 5.88. The van der Waals surface area contributed by atoms with E-state index in [4.69, 9.17) is 5.73 Å². The molecule has 0 spiro atoms. The number of carbonyl (C=O) groups is 1. The molecular formula is C11H16BrN3O. The lowest BCUT2D eigenvalue weighted by Crippen LogP contribution is -2.43. The molecule has 1 aromatic heterocycles. The minimum atomic E-state index is -0.244. The molecule has 1 aromatic rings. The van der Waals surface area contributed by atoms with Crippen LogP contribution in [-0.4, -0.2) is 16.4 Å². The molecule has 16 heavy (non-hydrogen) atoms. The lowest BCUT2D eigenvalue weighted by atomic mass is 10.0. The van der Waals surface area contributed by atoms with E-state index < -0.39 is 0 Å². The van der Waals surface area contributed by atoms with Gasteiger partial charge in [-0.25, -0.2) is 4.98 Å². The molecule has 4 nitrogen and oxygen atoms in total. The molecule has 0 atom stereocenters. The van der Waals surface area contributed by atoms with Gasteiger partial charge in [0.25, 0.3) is 5.91 Å². The van der Waals surface area contributed by atoms with E-state index in [-0.39, 0.29) is 17.3 Å². The predicted molar refractivity (Wildman–Crippen MR) is 68.2 cm³/mol. The standard InChI is InChI=1S/C11H16BrN3O/c1-4-11(2,3)15-10(16)8-5-7(12)6-14-9(8)13/h5-6H,4H2,1-3H3,(H2,13,14)(H,15,16). The van der Waals surface area contributed by atoms with Crippen LogP contribution in [0.2, 0.25) is 0 Å². The maximum Gasteiger partial charge on any atom is 0.255 e. The van der Waals surface area contributed by atoms with Crippen molar-refractivity contribution >= 4 is 27.7 Å². The highest BCUT2D eigenvalue weighted by molar-refractivity contribution is 9.10. The largest absolute Gasteiger partial charge is 0.383 e. The molecule has 0 bridgehead atoms. The number of nitrogen functional groups attached to an aromatic ring is 1. The Morgan fingerprint density at radius 2 is 2.25 bits per heavy atom. The third kappa shape index (κ3) is 3.20. The maximum atomic E-state index is 11.9. The van der Waals surface area contributed by atoms with Gasteiger partial charge in [-0.15, -0.1) is 0 Å². The van der Waals surface area contributed by atoms with Crippen LogP contribution in [-0.2, 0) is 0 Å². The Hall–Kier alpha value is -1.10. The zero-order valence-electron chi connectivity index (χ0n) is 9.67. The van der Waals surface area contributed by atoms with Gasteiger partial charge >= 0.3 is 0 Å². The quantitative estimate of drug-likeness (QED) is 0.896. The Morgan fingerprint density at radius 3 is 2.81 bits per heavy atom. The average Bonchev–Trinajstić information content (AvgIpc) is 2.21. The molecule has 0 aliphatic carbocycles. The van der Waals surface area contributed by atoms with E-state index in [1.165, 1.54) is 0 Å². The normalized spacial score (nSPS) is 11.2. The summed E-state index contributed by atoms with van der Waals surface area (Å²) in [5.74, 6) is 0.0470. The number of amides is 1. The van der Waals surface area contributed by atoms with Gasteiger partial charge in [-0.05, 0) is 42.3 Å². The first-order valence-electron chi connectivity index (χ1n) is 5.09. The van der Waals surface area contributed by atoms with Crippen molar-refractivity contribution in [1.82, 2.24) is 10.3 Å². The average molecular weight is 286 g/mol. The third-order valence-electron chi connectivity index (χ3n) is 2.47. The molecule has 88 valence electrons. The first-order chi connectivity index (χ1) is 7.35. The Morgan fingerprint density at radius 1 is 1.62 bits per heavy atom. The number of nitrogens with zero attached hydrogens (tertiary/aromatic N) is 1. The zero-order chi connectivity index (χ0) is 12.3. The molecule has 0 unspecified atom stereocenters. The number of hydrogen-bond acceptors (Lipinski definition) is 3. The monoisotopic (exact) mass is 285 g/mol. The van der Waals surface area contributed by atoms with Crippen LogP contribution in [0.5, 0.6) is 0 Å². The van der Waals surface area contributed by atoms with Crippen LogP contribution >= 0.6 is 15.9 Å². The third-order valence-corrected chi connectivity index (χ3v) is 2.90. The fourth-order valence-electron chi connectivity index (χ4n) is 1.09. The summed E-state index contributed by atoms with van der Waals surface area (Å²) in [6.45, 7) is 5.95. The van der Waals surface area contributed by atoms with E-state index in [0.29, 0.717) is 5.56 Å². The number of nitrogens with one attached hydrogen (secondary N) is 1. The number of aromatic nitrogens is 1. The van der Waals surface area contributed by atoms with Crippen LogP contribution in [0.3, 0.4) is 0 Å². The highest BCUT2D eigenvalue weighted by Crippen LogP contribution is 2.17. The summed E-state index contributed by atoms with van der Waals surface area (Å²) in [7, 11) is 0. The fourth-order valence-corrected chi connectivity index (χ4v) is 1.43. The summed E-state index contributed by atoms with van der Waals surface area (Å²) in [6.07, 6.45) is 2.41. The molecule has 0 aromatic carbocycles. The molecule has 0 saturated heterocycles. The van der Waals surface area contributed by atoms with Crippen LogP contribution in [0, 0.1) is 0 Å². The number of carbonyl (C=O) groups excluding carboxylic acids is 1. The van der Waals surface area contributed by atoms with Gasteiger partial charge in [-0.2, -0.15) is 0 Å². The lowest BCUT2D eigenvalue weighted by molar-refractivity contribution is 0.0912. The van der Waals surface area contributed by atoms with Gasteiger partial charge in [0.2, 0.25) is 0 Å². The minimum absolute atomic E-state index is 0.196. The molecule has 0 aliphatic heterocycles. The Bertz CT molecular complexity index is 404. The summed E-state index contributed by atoms with van der Waals surface area (Å²) in [4.78, 5) is 15.9. The van der Waals surface area contributed by atoms with Gasteiger partial charge in [0.1, 0.15) is 5.82 Å². The molecule has 1 rings (SSSR count). The van der Waals surface area contributed by atoms with Crippen molar-refractivity contribution in [2.75, 3.05) is 5.73 Å². The van der Waals surface area contributed by atoms with E-state index in [0.717, 1.165) is 10.9 Å². The number of nitrogens with two attached hydrogens (primary N) is 1. The number of anilines is 1. The van der Waals surface area contributed by atoms with Gasteiger partial charge in [0.05, 0.1) is 5.56 Å². The number of hydrogen-bond donors (Lipinski definition) is 2. The fraction of sp³-hybridized carbons (Fsp3) is 0.455. The molecule has 5 heteroatoms. The van der Waals surface area contributed by atoms with Crippen molar-refractivity contribution < 1.29 is 4.79 Å². The second-order valence-electron chi connectivity index (χ2n) is 4.28. The van der Waals surface area contributed by atoms with Crippen molar-refractivity contribution in [3.8, 4) is 0 Å². The molecule has 0 saturated carbocycles. The van der Waals surface area contributed by atoms with Gasteiger partial charge < -0.3 is 11.1 Å². The molecule has 0 aliphatic rings. The van der Waals surface area contributed by atoms with Crippen molar-refractivity contribution in [1.29, 1.82) is 0 Å². The second kappa shape index (κ2) is 4.82. The number of pyridine rings is 1. The van der Waals surface area contributed by atoms with E-state index in [1.807, 2.05) is 20.8 Å². The molecular weight excluding hydrogens is 270 g/mol. The Balaban J connectivity index is 2.93. The summed E-state index contributed by atoms with van der Waals surface area (Å²) in [5, 5.41) is 2.91. The van der Waals surface area contributed by atoms with Crippen LogP contribution in [0.15, 0.2) is 16.7 Å². The smallest absolute Gasteiger partial charge is 0.255 e. The summed E-state index contributed by atoms with van der Waals surface area (Å²) in [5.41, 5.74) is 5.81. The topological polar surface area (TPSA) is 68.0 Å². The molecule has 0 radical (unpaired) electrons. The predicted octanol–water partition coefficient (Wildman–Crippen LogP) is 2.34. The molecule has 1 amide bonds. The summed E-state index contributed by atoms with van der Waals surface area (Å²) in [6, 6.07) is 1.67. The van der Waals surface area contributed by atoms with E-state index in [1.54, 1.807) is 12.3 Å². The van der Waals surface area contributed by atoms with Crippen molar-refractivity contribution in [2.45, 2.75) is 32.7 Å². The van der Waals surface area contributed by atoms with Gasteiger partial charge in [-0.1, -0.05) is 6.92 Å². The van der Waals surface area contributed by atoms with E-state index in [9.17, 15) is 4.79 Å². The van der Waals surface area contributed by atoms with Crippen LogP contribution in [0.25, 0.3) is 0 Å². The maximum absolute atomic E-state index is 11.9. The summed E-state index contributed by atoms with van der Waals surface area (Å²) < 4.78 is 0.737.